The summed E-state index contributed by atoms with van der Waals surface area (Å²) in [5, 5.41) is 0. The Hall–Kier alpha value is -0.340. The fraction of sp³-hybridized carbons (Fsp3) is 0.733. The van der Waals surface area contributed by atoms with E-state index in [1.807, 2.05) is 11.3 Å². The minimum absolute atomic E-state index is 0.283. The molecule has 17 heavy (non-hydrogen) atoms. The van der Waals surface area contributed by atoms with Gasteiger partial charge in [-0.2, -0.15) is 0 Å². The van der Waals surface area contributed by atoms with Gasteiger partial charge in [0.2, 0.25) is 0 Å². The molecule has 1 aromatic rings. The molecule has 1 heterocycles. The van der Waals surface area contributed by atoms with Gasteiger partial charge < -0.3 is 5.73 Å². The van der Waals surface area contributed by atoms with Gasteiger partial charge in [-0.25, -0.2) is 0 Å². The van der Waals surface area contributed by atoms with Crippen LogP contribution in [-0.4, -0.2) is 0 Å². The Kier molecular flexibility index (Phi) is 4.63. The van der Waals surface area contributed by atoms with Gasteiger partial charge in [-0.15, -0.1) is 11.3 Å². The number of hydrogen-bond donors (Lipinski definition) is 1. The predicted molar refractivity (Wildman–Crippen MR) is 76.4 cm³/mol. The molecule has 0 spiro atoms. The smallest absolute Gasteiger partial charge is 0.0421 e. The van der Waals surface area contributed by atoms with Gasteiger partial charge in [0.05, 0.1) is 0 Å². The van der Waals surface area contributed by atoms with E-state index in [0.29, 0.717) is 0 Å². The molecule has 1 fully saturated rings. The zero-order chi connectivity index (χ0) is 12.3. The van der Waals surface area contributed by atoms with Crippen LogP contribution in [0.2, 0.25) is 0 Å². The van der Waals surface area contributed by atoms with Gasteiger partial charge in [-0.1, -0.05) is 39.5 Å². The summed E-state index contributed by atoms with van der Waals surface area (Å²) < 4.78 is 0. The van der Waals surface area contributed by atoms with Crippen molar-refractivity contribution in [3.8, 4) is 0 Å². The van der Waals surface area contributed by atoms with Crippen LogP contribution >= 0.6 is 11.3 Å². The summed E-state index contributed by atoms with van der Waals surface area (Å²) in [6.45, 7) is 4.54. The zero-order valence-electron chi connectivity index (χ0n) is 11.1. The van der Waals surface area contributed by atoms with Crippen LogP contribution in [0.5, 0.6) is 0 Å². The van der Waals surface area contributed by atoms with Crippen molar-refractivity contribution in [1.82, 2.24) is 0 Å². The van der Waals surface area contributed by atoms with Crippen molar-refractivity contribution in [3.63, 3.8) is 0 Å². The monoisotopic (exact) mass is 251 g/mol. The summed E-state index contributed by atoms with van der Waals surface area (Å²) in [7, 11) is 0. The number of hydrogen-bond acceptors (Lipinski definition) is 2. The molecule has 3 unspecified atom stereocenters. The number of aryl methyl sites for hydroxylation is 1. The molecule has 2 heteroatoms. The Bertz CT molecular complexity index is 344. The lowest BCUT2D eigenvalue weighted by Gasteiger charge is -2.34. The first kappa shape index (κ1) is 13.1. The third-order valence-corrected chi connectivity index (χ3v) is 5.64. The summed E-state index contributed by atoms with van der Waals surface area (Å²) in [4.78, 5) is 2.88. The zero-order valence-corrected chi connectivity index (χ0v) is 11.9. The quantitative estimate of drug-likeness (QED) is 0.836. The van der Waals surface area contributed by atoms with Crippen LogP contribution in [0.4, 0.5) is 0 Å². The molecule has 1 saturated carbocycles. The van der Waals surface area contributed by atoms with Crippen LogP contribution in [-0.2, 0) is 6.42 Å². The van der Waals surface area contributed by atoms with Crippen LogP contribution in [0, 0.1) is 11.8 Å². The van der Waals surface area contributed by atoms with Gasteiger partial charge in [0.15, 0.2) is 0 Å². The van der Waals surface area contributed by atoms with E-state index in [1.54, 1.807) is 0 Å². The first-order valence-corrected chi connectivity index (χ1v) is 7.92. The highest BCUT2D eigenvalue weighted by Gasteiger charge is 2.30. The molecule has 0 saturated heterocycles. The highest BCUT2D eigenvalue weighted by Crippen LogP contribution is 2.40. The van der Waals surface area contributed by atoms with Gasteiger partial charge in [0, 0.05) is 15.8 Å². The van der Waals surface area contributed by atoms with Crippen molar-refractivity contribution in [2.24, 2.45) is 17.6 Å². The molecule has 3 atom stereocenters. The van der Waals surface area contributed by atoms with Crippen molar-refractivity contribution in [1.29, 1.82) is 0 Å². The highest BCUT2D eigenvalue weighted by molar-refractivity contribution is 7.12. The first-order chi connectivity index (χ1) is 8.26. The van der Waals surface area contributed by atoms with E-state index in [1.165, 1.54) is 41.9 Å². The highest BCUT2D eigenvalue weighted by atomic mass is 32.1. The molecule has 1 nitrogen and oxygen atoms in total. The average Bonchev–Trinajstić information content (AvgIpc) is 2.86. The van der Waals surface area contributed by atoms with E-state index in [2.05, 4.69) is 26.0 Å². The predicted octanol–water partition coefficient (Wildman–Crippen LogP) is 4.53. The van der Waals surface area contributed by atoms with E-state index in [4.69, 9.17) is 5.73 Å². The van der Waals surface area contributed by atoms with Gasteiger partial charge in [-0.05, 0) is 36.8 Å². The van der Waals surface area contributed by atoms with Gasteiger partial charge in [0.25, 0.3) is 0 Å². The van der Waals surface area contributed by atoms with Crippen LogP contribution in [0.1, 0.15) is 61.7 Å². The Morgan fingerprint density at radius 1 is 1.29 bits per heavy atom. The molecule has 96 valence electrons. The summed E-state index contributed by atoms with van der Waals surface area (Å²) in [6, 6.07) is 4.80. The first-order valence-electron chi connectivity index (χ1n) is 7.10. The molecule has 2 rings (SSSR count). The Morgan fingerprint density at radius 2 is 2.06 bits per heavy atom. The molecule has 1 aliphatic rings. The van der Waals surface area contributed by atoms with Crippen molar-refractivity contribution in [2.75, 3.05) is 0 Å². The van der Waals surface area contributed by atoms with Gasteiger partial charge >= 0.3 is 0 Å². The van der Waals surface area contributed by atoms with E-state index >= 15 is 0 Å². The third kappa shape index (κ3) is 2.92. The minimum atomic E-state index is 0.283. The van der Waals surface area contributed by atoms with Crippen LogP contribution < -0.4 is 5.73 Å². The molecule has 0 bridgehead atoms. The molecule has 0 amide bonds. The van der Waals surface area contributed by atoms with Crippen LogP contribution in [0.25, 0.3) is 0 Å². The van der Waals surface area contributed by atoms with E-state index < -0.39 is 0 Å². The maximum Gasteiger partial charge on any atom is 0.0421 e. The molecule has 2 N–H and O–H groups in total. The van der Waals surface area contributed by atoms with Crippen LogP contribution in [0.3, 0.4) is 0 Å². The van der Waals surface area contributed by atoms with Crippen molar-refractivity contribution < 1.29 is 0 Å². The average molecular weight is 251 g/mol. The van der Waals surface area contributed by atoms with Gasteiger partial charge in [-0.3, -0.25) is 0 Å². The largest absolute Gasteiger partial charge is 0.323 e. The minimum Gasteiger partial charge on any atom is -0.323 e. The summed E-state index contributed by atoms with van der Waals surface area (Å²) in [6.07, 6.45) is 7.94. The molecule has 0 aromatic carbocycles. The molecule has 1 aromatic heterocycles. The van der Waals surface area contributed by atoms with Crippen molar-refractivity contribution in [3.05, 3.63) is 21.9 Å². The lowest BCUT2D eigenvalue weighted by molar-refractivity contribution is 0.198. The Labute approximate surface area is 109 Å². The number of thiophene rings is 1. The maximum atomic E-state index is 6.51. The van der Waals surface area contributed by atoms with Crippen LogP contribution in [0.15, 0.2) is 12.1 Å². The molecule has 0 aliphatic heterocycles. The van der Waals surface area contributed by atoms with E-state index in [9.17, 15) is 0 Å². The van der Waals surface area contributed by atoms with Crippen molar-refractivity contribution >= 4 is 11.3 Å². The molecule has 1 aliphatic carbocycles. The summed E-state index contributed by atoms with van der Waals surface area (Å²) in [5.74, 6) is 1.57. The van der Waals surface area contributed by atoms with E-state index in [-0.39, 0.29) is 6.04 Å². The van der Waals surface area contributed by atoms with E-state index in [0.717, 1.165) is 18.3 Å². The fourth-order valence-corrected chi connectivity index (χ4v) is 4.22. The summed E-state index contributed by atoms with van der Waals surface area (Å²) >= 11 is 1.92. The fourth-order valence-electron chi connectivity index (χ4n) is 3.19. The lowest BCUT2D eigenvalue weighted by Crippen LogP contribution is -2.29. The Morgan fingerprint density at radius 3 is 2.71 bits per heavy atom. The molecular formula is C15H25NS. The number of nitrogens with two attached hydrogens (primary N) is 1. The standard InChI is InChI=1S/C15H25NS/c1-3-11-7-5-6-8-13(11)15(16)14-10-9-12(4-2)17-14/h9-11,13,15H,3-8,16H2,1-2H3. The van der Waals surface area contributed by atoms with Crippen molar-refractivity contribution in [2.45, 2.75) is 58.4 Å². The second-order valence-corrected chi connectivity index (χ2v) is 6.50. The normalized spacial score (nSPS) is 27.0. The lowest BCUT2D eigenvalue weighted by atomic mass is 9.74. The second kappa shape index (κ2) is 6.01. The number of rotatable bonds is 4. The SMILES string of the molecule is CCc1ccc(C(N)C2CCCCC2CC)s1. The third-order valence-electron chi connectivity index (χ3n) is 4.31. The summed E-state index contributed by atoms with van der Waals surface area (Å²) in [5.41, 5.74) is 6.51. The Balaban J connectivity index is 2.09. The molecular weight excluding hydrogens is 226 g/mol. The second-order valence-electron chi connectivity index (χ2n) is 5.30. The maximum absolute atomic E-state index is 6.51. The van der Waals surface area contributed by atoms with Gasteiger partial charge in [0.1, 0.15) is 0 Å². The molecule has 0 radical (unpaired) electrons. The topological polar surface area (TPSA) is 26.0 Å².